The van der Waals surface area contributed by atoms with Gasteiger partial charge in [-0.3, -0.25) is 15.0 Å². The standard InChI is InChI=1S/C19H25N3O3S/c1-19(12-11-14-7-3-2-4-8-14)17(24)22(18(25)20-19)21-16(23)13-26-15-9-5-6-10-15/h2-4,7-8,15H,5-6,9-13H2,1H3,(H,20,25)(H,21,23)/t19-/m0/s1. The third kappa shape index (κ3) is 4.38. The number of carbonyl (C=O) groups is 3. The Hall–Kier alpha value is -2.02. The van der Waals surface area contributed by atoms with E-state index in [-0.39, 0.29) is 11.7 Å². The van der Waals surface area contributed by atoms with Gasteiger partial charge in [0.1, 0.15) is 5.54 Å². The molecule has 26 heavy (non-hydrogen) atoms. The van der Waals surface area contributed by atoms with Gasteiger partial charge in [-0.2, -0.15) is 5.01 Å². The number of carbonyl (C=O) groups excluding carboxylic acids is 3. The molecule has 4 amide bonds. The zero-order valence-electron chi connectivity index (χ0n) is 15.0. The number of nitrogens with zero attached hydrogens (tertiary/aromatic N) is 1. The second-order valence-corrected chi connectivity index (χ2v) is 8.43. The van der Waals surface area contributed by atoms with Crippen molar-refractivity contribution in [3.63, 3.8) is 0 Å². The molecule has 1 saturated carbocycles. The predicted octanol–water partition coefficient (Wildman–Crippen LogP) is 2.64. The van der Waals surface area contributed by atoms with Crippen LogP contribution in [-0.4, -0.2) is 39.4 Å². The third-order valence-electron chi connectivity index (χ3n) is 5.01. The van der Waals surface area contributed by atoms with Gasteiger partial charge in [0.05, 0.1) is 5.75 Å². The summed E-state index contributed by atoms with van der Waals surface area (Å²) in [6.45, 7) is 1.70. The molecule has 1 heterocycles. The molecule has 2 N–H and O–H groups in total. The number of hydrazine groups is 1. The van der Waals surface area contributed by atoms with Gasteiger partial charge in [0.25, 0.3) is 5.91 Å². The van der Waals surface area contributed by atoms with Crippen LogP contribution in [0.15, 0.2) is 30.3 Å². The van der Waals surface area contributed by atoms with Gasteiger partial charge in [-0.25, -0.2) is 4.79 Å². The van der Waals surface area contributed by atoms with Crippen molar-refractivity contribution in [1.29, 1.82) is 0 Å². The average Bonchev–Trinajstić information content (AvgIpc) is 3.23. The Labute approximate surface area is 158 Å². The van der Waals surface area contributed by atoms with Gasteiger partial charge in [-0.1, -0.05) is 43.2 Å². The van der Waals surface area contributed by atoms with E-state index in [9.17, 15) is 14.4 Å². The first kappa shape index (κ1) is 18.8. The maximum absolute atomic E-state index is 12.7. The van der Waals surface area contributed by atoms with Crippen LogP contribution in [0.5, 0.6) is 0 Å². The molecule has 1 saturated heterocycles. The molecule has 0 spiro atoms. The molecule has 2 aliphatic rings. The molecular formula is C19H25N3O3S. The molecule has 1 aromatic carbocycles. The lowest BCUT2D eigenvalue weighted by atomic mass is 9.93. The third-order valence-corrected chi connectivity index (χ3v) is 6.38. The fraction of sp³-hybridized carbons (Fsp3) is 0.526. The fourth-order valence-corrected chi connectivity index (χ4v) is 4.52. The summed E-state index contributed by atoms with van der Waals surface area (Å²) in [7, 11) is 0. The summed E-state index contributed by atoms with van der Waals surface area (Å²) >= 11 is 1.60. The van der Waals surface area contributed by atoms with Crippen LogP contribution in [-0.2, 0) is 16.0 Å². The SMILES string of the molecule is C[C@@]1(CCc2ccccc2)NC(=O)N(NC(=O)CSC2CCCC2)C1=O. The van der Waals surface area contributed by atoms with Crippen LogP contribution in [0.3, 0.4) is 0 Å². The van der Waals surface area contributed by atoms with Crippen LogP contribution in [0.4, 0.5) is 4.79 Å². The zero-order valence-corrected chi connectivity index (χ0v) is 15.8. The summed E-state index contributed by atoms with van der Waals surface area (Å²) in [5, 5.41) is 4.07. The summed E-state index contributed by atoms with van der Waals surface area (Å²) in [6.07, 6.45) is 5.85. The van der Waals surface area contributed by atoms with Crippen LogP contribution in [0.1, 0.15) is 44.6 Å². The highest BCUT2D eigenvalue weighted by Crippen LogP contribution is 2.29. The molecule has 140 valence electrons. The van der Waals surface area contributed by atoms with Crippen molar-refractivity contribution in [2.24, 2.45) is 0 Å². The highest BCUT2D eigenvalue weighted by molar-refractivity contribution is 8.00. The molecule has 1 aromatic rings. The summed E-state index contributed by atoms with van der Waals surface area (Å²) in [6, 6.07) is 9.25. The summed E-state index contributed by atoms with van der Waals surface area (Å²) in [4.78, 5) is 37.0. The van der Waals surface area contributed by atoms with Crippen molar-refractivity contribution in [2.45, 2.75) is 56.2 Å². The van der Waals surface area contributed by atoms with Crippen LogP contribution < -0.4 is 10.7 Å². The predicted molar refractivity (Wildman–Crippen MR) is 101 cm³/mol. The van der Waals surface area contributed by atoms with Crippen molar-refractivity contribution in [3.8, 4) is 0 Å². The van der Waals surface area contributed by atoms with Crippen molar-refractivity contribution >= 4 is 29.6 Å². The van der Waals surface area contributed by atoms with Gasteiger partial charge in [0.2, 0.25) is 5.91 Å². The van der Waals surface area contributed by atoms with E-state index in [0.717, 1.165) is 23.4 Å². The minimum atomic E-state index is -1.00. The largest absolute Gasteiger partial charge is 0.344 e. The summed E-state index contributed by atoms with van der Waals surface area (Å²) < 4.78 is 0. The number of hydrogen-bond acceptors (Lipinski definition) is 4. The van der Waals surface area contributed by atoms with Crippen LogP contribution in [0.2, 0.25) is 0 Å². The van der Waals surface area contributed by atoms with Gasteiger partial charge in [-0.05, 0) is 38.2 Å². The van der Waals surface area contributed by atoms with Crippen LogP contribution >= 0.6 is 11.8 Å². The molecule has 0 radical (unpaired) electrons. The molecule has 1 atom stereocenters. The van der Waals surface area contributed by atoms with E-state index in [1.165, 1.54) is 12.8 Å². The Morgan fingerprint density at radius 2 is 1.96 bits per heavy atom. The molecule has 0 unspecified atom stereocenters. The highest BCUT2D eigenvalue weighted by atomic mass is 32.2. The maximum Gasteiger partial charge on any atom is 0.344 e. The molecule has 1 aliphatic heterocycles. The number of hydrogen-bond donors (Lipinski definition) is 2. The molecule has 1 aliphatic carbocycles. The monoisotopic (exact) mass is 375 g/mol. The van der Waals surface area contributed by atoms with E-state index in [4.69, 9.17) is 0 Å². The molecule has 2 fully saturated rings. The lowest BCUT2D eigenvalue weighted by Crippen LogP contribution is -2.49. The lowest BCUT2D eigenvalue weighted by molar-refractivity contribution is -0.138. The van der Waals surface area contributed by atoms with Gasteiger partial charge >= 0.3 is 6.03 Å². The first-order chi connectivity index (χ1) is 12.5. The van der Waals surface area contributed by atoms with E-state index in [1.807, 2.05) is 30.3 Å². The van der Waals surface area contributed by atoms with Crippen molar-refractivity contribution < 1.29 is 14.4 Å². The Morgan fingerprint density at radius 1 is 1.27 bits per heavy atom. The second-order valence-electron chi connectivity index (χ2n) is 7.14. The molecule has 7 heteroatoms. The summed E-state index contributed by atoms with van der Waals surface area (Å²) in [5.74, 6) is -0.446. The van der Waals surface area contributed by atoms with E-state index >= 15 is 0 Å². The number of thioether (sulfide) groups is 1. The number of nitrogens with one attached hydrogen (secondary N) is 2. The Morgan fingerprint density at radius 3 is 2.65 bits per heavy atom. The van der Waals surface area contributed by atoms with Crippen LogP contribution in [0, 0.1) is 0 Å². The van der Waals surface area contributed by atoms with E-state index in [2.05, 4.69) is 10.7 Å². The lowest BCUT2D eigenvalue weighted by Gasteiger charge is -2.21. The number of amides is 4. The van der Waals surface area contributed by atoms with Crippen molar-refractivity contribution in [2.75, 3.05) is 5.75 Å². The first-order valence-corrected chi connectivity index (χ1v) is 10.1. The zero-order chi connectivity index (χ0) is 18.6. The Balaban J connectivity index is 1.52. The van der Waals surface area contributed by atoms with E-state index < -0.39 is 17.5 Å². The Kier molecular flexibility index (Phi) is 5.86. The first-order valence-electron chi connectivity index (χ1n) is 9.10. The minimum absolute atomic E-state index is 0.266. The maximum atomic E-state index is 12.7. The number of benzene rings is 1. The second kappa shape index (κ2) is 8.12. The molecule has 3 rings (SSSR count). The fourth-order valence-electron chi connectivity index (χ4n) is 3.40. The number of imide groups is 1. The van der Waals surface area contributed by atoms with E-state index in [0.29, 0.717) is 18.1 Å². The average molecular weight is 375 g/mol. The van der Waals surface area contributed by atoms with Crippen LogP contribution in [0.25, 0.3) is 0 Å². The van der Waals surface area contributed by atoms with E-state index in [1.54, 1.807) is 18.7 Å². The summed E-state index contributed by atoms with van der Waals surface area (Å²) in [5.41, 5.74) is 2.57. The quantitative estimate of drug-likeness (QED) is 0.718. The minimum Gasteiger partial charge on any atom is -0.322 e. The topological polar surface area (TPSA) is 78.5 Å². The van der Waals surface area contributed by atoms with Gasteiger partial charge in [-0.15, -0.1) is 11.8 Å². The molecular weight excluding hydrogens is 350 g/mol. The van der Waals surface area contributed by atoms with Crippen molar-refractivity contribution in [3.05, 3.63) is 35.9 Å². The normalized spacial score (nSPS) is 23.3. The number of urea groups is 1. The molecule has 0 bridgehead atoms. The Bertz CT molecular complexity index is 676. The number of rotatable bonds is 7. The smallest absolute Gasteiger partial charge is 0.322 e. The van der Waals surface area contributed by atoms with Gasteiger partial charge in [0.15, 0.2) is 0 Å². The number of aryl methyl sites for hydroxylation is 1. The highest BCUT2D eigenvalue weighted by Gasteiger charge is 2.48. The molecule has 0 aromatic heterocycles. The molecule has 6 nitrogen and oxygen atoms in total. The van der Waals surface area contributed by atoms with Crippen molar-refractivity contribution in [1.82, 2.24) is 15.8 Å². The van der Waals surface area contributed by atoms with Gasteiger partial charge in [0, 0.05) is 5.25 Å². The van der Waals surface area contributed by atoms with Gasteiger partial charge < -0.3 is 5.32 Å².